The number of hydrogen-bond acceptors (Lipinski definition) is 2. The molecule has 0 spiro atoms. The molecule has 0 heterocycles. The molecule has 0 aliphatic heterocycles. The second-order valence-electron chi connectivity index (χ2n) is 7.20. The van der Waals surface area contributed by atoms with Crippen molar-refractivity contribution in [2.75, 3.05) is 0 Å². The number of hydrogen-bond donors (Lipinski definition) is 1. The van der Waals surface area contributed by atoms with E-state index in [9.17, 15) is 0 Å². The number of nitrogens with one attached hydrogen (secondary N) is 1. The molecule has 0 aromatic rings. The van der Waals surface area contributed by atoms with Gasteiger partial charge in [0.25, 0.3) is 0 Å². The quantitative estimate of drug-likeness (QED) is 0.680. The fourth-order valence-electron chi connectivity index (χ4n) is 4.31. The summed E-state index contributed by atoms with van der Waals surface area (Å²) in [5, 5.41) is 7.01. The van der Waals surface area contributed by atoms with Gasteiger partial charge in [-0.05, 0) is 49.4 Å². The molecule has 4 atom stereocenters. The zero-order chi connectivity index (χ0) is 13.7. The van der Waals surface area contributed by atoms with Gasteiger partial charge in [-0.1, -0.05) is 46.0 Å². The maximum absolute atomic E-state index is 7.01. The first-order valence-corrected chi connectivity index (χ1v) is 8.30. The van der Waals surface area contributed by atoms with Gasteiger partial charge in [0.2, 0.25) is 0 Å². The van der Waals surface area contributed by atoms with E-state index in [2.05, 4.69) is 24.8 Å². The van der Waals surface area contributed by atoms with E-state index in [0.29, 0.717) is 6.04 Å². The van der Waals surface area contributed by atoms with Gasteiger partial charge in [-0.25, -0.2) is 10.4 Å². The summed E-state index contributed by atoms with van der Waals surface area (Å²) in [6.45, 7) is 4.78. The van der Waals surface area contributed by atoms with E-state index in [1.807, 2.05) is 0 Å². The Balaban J connectivity index is 1.81. The minimum atomic E-state index is 0.403. The highest BCUT2D eigenvalue weighted by Crippen LogP contribution is 2.39. The maximum atomic E-state index is 7.01. The van der Waals surface area contributed by atoms with Gasteiger partial charge < -0.3 is 0 Å². The van der Waals surface area contributed by atoms with Gasteiger partial charge in [0.15, 0.2) is 0 Å². The van der Waals surface area contributed by atoms with E-state index >= 15 is 0 Å². The lowest BCUT2D eigenvalue weighted by Crippen LogP contribution is -2.25. The minimum absolute atomic E-state index is 0.403. The summed E-state index contributed by atoms with van der Waals surface area (Å²) in [4.78, 5) is 4.19. The summed E-state index contributed by atoms with van der Waals surface area (Å²) in [5.74, 6) is 3.67. The molecule has 2 aliphatic rings. The fraction of sp³-hybridized carbons (Fsp3) is 0.941. The lowest BCUT2D eigenvalue weighted by Gasteiger charge is -2.35. The molecule has 2 rings (SSSR count). The monoisotopic (exact) mass is 262 g/mol. The van der Waals surface area contributed by atoms with Crippen LogP contribution in [0.5, 0.6) is 0 Å². The predicted molar refractivity (Wildman–Crippen MR) is 80.8 cm³/mol. The fourth-order valence-corrected chi connectivity index (χ4v) is 4.31. The Bertz CT molecular complexity index is 317. The van der Waals surface area contributed by atoms with Crippen LogP contribution in [-0.4, -0.2) is 12.1 Å². The molecular weight excluding hydrogens is 232 g/mol. The number of aliphatic imine (C=N–C) groups is 1. The van der Waals surface area contributed by atoms with Gasteiger partial charge in [0.05, 0.1) is 12.1 Å². The molecule has 1 N–H and O–H groups in total. The molecule has 0 aromatic carbocycles. The normalized spacial score (nSPS) is 35.9. The van der Waals surface area contributed by atoms with Crippen LogP contribution < -0.4 is 0 Å². The third-order valence-electron chi connectivity index (χ3n) is 5.44. The molecule has 0 saturated heterocycles. The summed E-state index contributed by atoms with van der Waals surface area (Å²) < 4.78 is 0. The number of rotatable bonds is 4. The largest absolute Gasteiger partial charge is 0.242 e. The van der Waals surface area contributed by atoms with Crippen LogP contribution in [0.25, 0.3) is 0 Å². The molecule has 2 aliphatic carbocycles. The molecule has 2 fully saturated rings. The third-order valence-corrected chi connectivity index (χ3v) is 5.44. The van der Waals surface area contributed by atoms with Crippen LogP contribution in [-0.2, 0) is 0 Å². The van der Waals surface area contributed by atoms with Crippen molar-refractivity contribution in [2.45, 2.75) is 77.7 Å². The van der Waals surface area contributed by atoms with E-state index in [4.69, 9.17) is 5.41 Å². The van der Waals surface area contributed by atoms with Crippen molar-refractivity contribution in [3.05, 3.63) is 0 Å². The molecule has 19 heavy (non-hydrogen) atoms. The Kier molecular flexibility index (Phi) is 5.63. The lowest BCUT2D eigenvalue weighted by atomic mass is 9.71. The lowest BCUT2D eigenvalue weighted by molar-refractivity contribution is 0.171. The van der Waals surface area contributed by atoms with Crippen LogP contribution in [0.3, 0.4) is 0 Å². The van der Waals surface area contributed by atoms with Crippen molar-refractivity contribution in [1.29, 1.82) is 5.41 Å². The predicted octanol–water partition coefficient (Wildman–Crippen LogP) is 5.15. The highest BCUT2D eigenvalue weighted by molar-refractivity contribution is 5.36. The van der Waals surface area contributed by atoms with Crippen LogP contribution in [0.15, 0.2) is 4.99 Å². The van der Waals surface area contributed by atoms with E-state index in [-0.39, 0.29) is 0 Å². The first-order valence-electron chi connectivity index (χ1n) is 8.30. The molecule has 0 bridgehead atoms. The minimum Gasteiger partial charge on any atom is -0.242 e. The zero-order valence-electron chi connectivity index (χ0n) is 12.7. The van der Waals surface area contributed by atoms with Crippen molar-refractivity contribution < 1.29 is 0 Å². The molecule has 2 nitrogen and oxygen atoms in total. The van der Waals surface area contributed by atoms with Crippen LogP contribution in [0.1, 0.15) is 71.6 Å². The molecule has 0 radical (unpaired) electrons. The highest BCUT2D eigenvalue weighted by atomic mass is 14.8. The second kappa shape index (κ2) is 7.24. The Hall–Kier alpha value is -0.620. The van der Waals surface area contributed by atoms with Crippen LogP contribution in [0.2, 0.25) is 0 Å². The molecule has 2 heteroatoms. The summed E-state index contributed by atoms with van der Waals surface area (Å²) >= 11 is 0. The standard InChI is InChI=1S/C17H30N2/c1-13(2)16-7-3-5-14(10-16)9-15-6-4-8-17(11-15)19-12-18/h13-18H,3-11H2,1-2H3. The third kappa shape index (κ3) is 4.45. The average Bonchev–Trinajstić information content (AvgIpc) is 2.40. The highest BCUT2D eigenvalue weighted by Gasteiger charge is 2.28. The SMILES string of the molecule is CC(C)C1CCCC(CC2CCCC(N=C=N)C2)C1. The number of nitrogens with zero attached hydrogens (tertiary/aromatic N) is 1. The van der Waals surface area contributed by atoms with Crippen molar-refractivity contribution >= 4 is 6.01 Å². The maximum Gasteiger partial charge on any atom is 0.0864 e. The summed E-state index contributed by atoms with van der Waals surface area (Å²) in [6, 6.07) is 2.66. The van der Waals surface area contributed by atoms with Crippen LogP contribution in [0.4, 0.5) is 0 Å². The molecule has 0 amide bonds. The van der Waals surface area contributed by atoms with Gasteiger partial charge in [0, 0.05) is 0 Å². The summed E-state index contributed by atoms with van der Waals surface area (Å²) in [7, 11) is 0. The van der Waals surface area contributed by atoms with Gasteiger partial charge in [-0.3, -0.25) is 0 Å². The molecular formula is C17H30N2. The van der Waals surface area contributed by atoms with E-state index in [1.54, 1.807) is 0 Å². The van der Waals surface area contributed by atoms with Crippen LogP contribution in [0, 0.1) is 29.1 Å². The van der Waals surface area contributed by atoms with Crippen molar-refractivity contribution in [3.8, 4) is 0 Å². The zero-order valence-corrected chi connectivity index (χ0v) is 12.7. The van der Waals surface area contributed by atoms with E-state index in [0.717, 1.165) is 23.7 Å². The van der Waals surface area contributed by atoms with Gasteiger partial charge in [-0.2, -0.15) is 0 Å². The van der Waals surface area contributed by atoms with Gasteiger partial charge >= 0.3 is 0 Å². The van der Waals surface area contributed by atoms with Crippen molar-refractivity contribution in [1.82, 2.24) is 0 Å². The molecule has 0 aromatic heterocycles. The van der Waals surface area contributed by atoms with Crippen molar-refractivity contribution in [3.63, 3.8) is 0 Å². The summed E-state index contributed by atoms with van der Waals surface area (Å²) in [5.41, 5.74) is 0. The smallest absolute Gasteiger partial charge is 0.0864 e. The van der Waals surface area contributed by atoms with E-state index in [1.165, 1.54) is 57.8 Å². The Morgan fingerprint density at radius 2 is 1.74 bits per heavy atom. The molecule has 4 unspecified atom stereocenters. The second-order valence-corrected chi connectivity index (χ2v) is 7.20. The van der Waals surface area contributed by atoms with Crippen molar-refractivity contribution in [2.24, 2.45) is 28.7 Å². The summed E-state index contributed by atoms with van der Waals surface area (Å²) in [6.07, 6.45) is 12.4. The topological polar surface area (TPSA) is 36.2 Å². The van der Waals surface area contributed by atoms with Crippen LogP contribution >= 0.6 is 0 Å². The first kappa shape index (κ1) is 14.8. The Labute approximate surface area is 118 Å². The van der Waals surface area contributed by atoms with Gasteiger partial charge in [-0.15, -0.1) is 0 Å². The molecule has 108 valence electrons. The molecule has 2 saturated carbocycles. The van der Waals surface area contributed by atoms with Gasteiger partial charge in [0.1, 0.15) is 0 Å². The Morgan fingerprint density at radius 1 is 1.05 bits per heavy atom. The first-order chi connectivity index (χ1) is 9.19. The average molecular weight is 262 g/mol. The van der Waals surface area contributed by atoms with E-state index < -0.39 is 0 Å². The Morgan fingerprint density at radius 3 is 2.42 bits per heavy atom.